The van der Waals surface area contributed by atoms with Crippen LogP contribution in [0.25, 0.3) is 10.4 Å². The number of ether oxygens (including phenoxy) is 1. The molecular formula is C31H50N4O2S2. The molecule has 2 heterocycles. The minimum absolute atomic E-state index is 0.0315. The largest absolute Gasteiger partial charge is 0.463 e. The molecule has 2 aromatic rings. The van der Waals surface area contributed by atoms with Gasteiger partial charge < -0.3 is 10.1 Å². The summed E-state index contributed by atoms with van der Waals surface area (Å²) in [5, 5.41) is 5.08. The van der Waals surface area contributed by atoms with Crippen molar-refractivity contribution in [3.8, 4) is 10.4 Å². The quantitative estimate of drug-likeness (QED) is 0.197. The van der Waals surface area contributed by atoms with E-state index in [0.717, 1.165) is 32.0 Å². The van der Waals surface area contributed by atoms with Gasteiger partial charge in [-0.25, -0.2) is 4.98 Å². The first-order valence-electron chi connectivity index (χ1n) is 15.0. The normalized spacial score (nSPS) is 16.6. The lowest BCUT2D eigenvalue weighted by Crippen LogP contribution is -2.55. The maximum atomic E-state index is 10.6. The summed E-state index contributed by atoms with van der Waals surface area (Å²) in [4.78, 5) is 20.6. The minimum atomic E-state index is -0.0903. The van der Waals surface area contributed by atoms with Crippen molar-refractivity contribution in [2.75, 3.05) is 31.5 Å². The topological polar surface area (TPSA) is 66.5 Å². The van der Waals surface area contributed by atoms with Crippen LogP contribution in [0.5, 0.6) is 0 Å². The summed E-state index contributed by atoms with van der Waals surface area (Å²) < 4.78 is 8.30. The second kappa shape index (κ2) is 16.6. The van der Waals surface area contributed by atoms with Gasteiger partial charge in [-0.05, 0) is 63.1 Å². The Labute approximate surface area is 245 Å². The van der Waals surface area contributed by atoms with Gasteiger partial charge in [0.25, 0.3) is 0 Å². The number of nitrogens with zero attached hydrogens (tertiary/aromatic N) is 2. The first-order valence-corrected chi connectivity index (χ1v) is 16.6. The van der Waals surface area contributed by atoms with Crippen LogP contribution in [0.2, 0.25) is 0 Å². The van der Waals surface area contributed by atoms with Gasteiger partial charge in [0.15, 0.2) is 0 Å². The Morgan fingerprint density at radius 1 is 1.15 bits per heavy atom. The summed E-state index contributed by atoms with van der Waals surface area (Å²) in [7, 11) is 0. The highest BCUT2D eigenvalue weighted by Gasteiger charge is 2.27. The Balaban J connectivity index is 0.000000403. The molecule has 1 saturated heterocycles. The number of hydrogen-bond acceptors (Lipinski definition) is 8. The molecule has 0 atom stereocenters. The van der Waals surface area contributed by atoms with E-state index in [4.69, 9.17) is 9.72 Å². The van der Waals surface area contributed by atoms with Crippen LogP contribution in [-0.2, 0) is 9.53 Å². The van der Waals surface area contributed by atoms with Crippen LogP contribution >= 0.6 is 23.3 Å². The molecule has 4 rings (SSSR count). The molecule has 1 saturated carbocycles. The molecule has 218 valence electrons. The van der Waals surface area contributed by atoms with E-state index in [1.165, 1.54) is 64.7 Å². The highest BCUT2D eigenvalue weighted by molar-refractivity contribution is 7.97. The van der Waals surface area contributed by atoms with Crippen molar-refractivity contribution < 1.29 is 9.53 Å². The van der Waals surface area contributed by atoms with E-state index in [9.17, 15) is 4.79 Å². The molecule has 2 aliphatic rings. The number of likely N-dealkylation sites (tertiary alicyclic amines) is 1. The summed E-state index contributed by atoms with van der Waals surface area (Å²) >= 11 is 3.64. The molecule has 1 aliphatic carbocycles. The molecule has 8 heteroatoms. The number of aromatic nitrogens is 1. The Bertz CT molecular complexity index is 998. The third kappa shape index (κ3) is 10.7. The number of esters is 1. The zero-order valence-electron chi connectivity index (χ0n) is 24.9. The Morgan fingerprint density at radius 3 is 2.54 bits per heavy atom. The van der Waals surface area contributed by atoms with Crippen molar-refractivity contribution >= 4 is 34.9 Å². The predicted octanol–water partition coefficient (Wildman–Crippen LogP) is 7.96. The summed E-state index contributed by atoms with van der Waals surface area (Å²) in [5.41, 5.74) is 2.53. The lowest BCUT2D eigenvalue weighted by atomic mass is 9.90. The van der Waals surface area contributed by atoms with E-state index in [0.29, 0.717) is 18.4 Å². The van der Waals surface area contributed by atoms with Gasteiger partial charge in [-0.3, -0.25) is 14.4 Å². The second-order valence-corrected chi connectivity index (χ2v) is 13.4. The van der Waals surface area contributed by atoms with E-state index in [-0.39, 0.29) is 12.1 Å². The maximum Gasteiger partial charge on any atom is 0.306 e. The summed E-state index contributed by atoms with van der Waals surface area (Å²) in [6.45, 7) is 16.9. The molecular weight excluding hydrogens is 525 g/mol. The third-order valence-corrected chi connectivity index (χ3v) is 9.01. The second-order valence-electron chi connectivity index (χ2n) is 11.5. The van der Waals surface area contributed by atoms with Crippen LogP contribution in [0.4, 0.5) is 5.69 Å². The van der Waals surface area contributed by atoms with Gasteiger partial charge in [0.2, 0.25) is 0 Å². The molecule has 0 amide bonds. The minimum Gasteiger partial charge on any atom is -0.463 e. The SMILES string of the molecule is CCCC(=O)OC(C)C.CCNSc1cc(NC2CN(CC(C)C)C2)ccc1-c1cnc(C2CCCCC2)s1. The first kappa shape index (κ1) is 31.9. The number of benzene rings is 1. The van der Waals surface area contributed by atoms with E-state index >= 15 is 0 Å². The van der Waals surface area contributed by atoms with Crippen molar-refractivity contribution in [2.24, 2.45) is 5.92 Å². The van der Waals surface area contributed by atoms with Crippen LogP contribution in [0, 0.1) is 5.92 Å². The number of carbonyl (C=O) groups excluding carboxylic acids is 1. The number of thiazole rings is 1. The molecule has 1 aromatic carbocycles. The number of nitrogens with one attached hydrogen (secondary N) is 2. The van der Waals surface area contributed by atoms with Crippen LogP contribution in [0.1, 0.15) is 97.4 Å². The van der Waals surface area contributed by atoms with Gasteiger partial charge in [0.1, 0.15) is 0 Å². The van der Waals surface area contributed by atoms with Gasteiger partial charge in [-0.2, -0.15) is 0 Å². The molecule has 0 spiro atoms. The smallest absolute Gasteiger partial charge is 0.306 e. The van der Waals surface area contributed by atoms with Crippen LogP contribution in [0.3, 0.4) is 0 Å². The lowest BCUT2D eigenvalue weighted by molar-refractivity contribution is -0.147. The lowest BCUT2D eigenvalue weighted by Gasteiger charge is -2.41. The number of rotatable bonds is 12. The average molecular weight is 575 g/mol. The van der Waals surface area contributed by atoms with E-state index < -0.39 is 0 Å². The zero-order valence-corrected chi connectivity index (χ0v) is 26.6. The standard InChI is InChI=1S/C24H36N4S2.C7H14O2/c1-4-26-30-22-12-19(27-20-15-28(16-20)14-17(2)3)10-11-21(22)23-13-25-24(29-23)18-8-6-5-7-9-18;1-4-5-7(8)9-6(2)3/h10-13,17-18,20,26-27H,4-9,14-16H2,1-3H3;6H,4-5H2,1-3H3. The molecule has 2 N–H and O–H groups in total. The van der Waals surface area contributed by atoms with E-state index in [1.54, 1.807) is 11.9 Å². The molecule has 1 aromatic heterocycles. The number of anilines is 1. The molecule has 0 unspecified atom stereocenters. The van der Waals surface area contributed by atoms with Gasteiger partial charge >= 0.3 is 5.97 Å². The maximum absolute atomic E-state index is 10.6. The number of carbonyl (C=O) groups is 1. The summed E-state index contributed by atoms with van der Waals surface area (Å²) in [5.74, 6) is 1.33. The molecule has 6 nitrogen and oxygen atoms in total. The highest BCUT2D eigenvalue weighted by atomic mass is 32.2. The molecule has 2 fully saturated rings. The molecule has 0 bridgehead atoms. The molecule has 1 aliphatic heterocycles. The Morgan fingerprint density at radius 2 is 1.90 bits per heavy atom. The predicted molar refractivity (Wildman–Crippen MR) is 168 cm³/mol. The first-order chi connectivity index (χ1) is 18.8. The fourth-order valence-electron chi connectivity index (χ4n) is 5.09. The van der Waals surface area contributed by atoms with Gasteiger partial charge in [-0.1, -0.05) is 53.0 Å². The third-order valence-electron chi connectivity index (χ3n) is 6.82. The monoisotopic (exact) mass is 574 g/mol. The fourth-order valence-corrected chi connectivity index (χ4v) is 7.05. The van der Waals surface area contributed by atoms with Gasteiger partial charge in [0, 0.05) is 60.9 Å². The van der Waals surface area contributed by atoms with Crippen molar-refractivity contribution in [1.82, 2.24) is 14.6 Å². The highest BCUT2D eigenvalue weighted by Crippen LogP contribution is 2.40. The fraction of sp³-hybridized carbons (Fsp3) is 0.677. The van der Waals surface area contributed by atoms with Crippen LogP contribution in [-0.4, -0.2) is 54.2 Å². The Kier molecular flexibility index (Phi) is 13.6. The van der Waals surface area contributed by atoms with Gasteiger partial charge in [-0.15, -0.1) is 11.3 Å². The number of hydrogen-bond donors (Lipinski definition) is 2. The average Bonchev–Trinajstić information content (AvgIpc) is 3.37. The zero-order chi connectivity index (χ0) is 28.2. The van der Waals surface area contributed by atoms with Crippen molar-refractivity contribution in [1.29, 1.82) is 0 Å². The van der Waals surface area contributed by atoms with E-state index in [2.05, 4.69) is 60.1 Å². The van der Waals surface area contributed by atoms with Gasteiger partial charge in [0.05, 0.1) is 22.0 Å². The van der Waals surface area contributed by atoms with Crippen molar-refractivity contribution in [3.63, 3.8) is 0 Å². The summed E-state index contributed by atoms with van der Waals surface area (Å²) in [6, 6.07) is 7.41. The molecule has 39 heavy (non-hydrogen) atoms. The van der Waals surface area contributed by atoms with Crippen LogP contribution in [0.15, 0.2) is 29.3 Å². The summed E-state index contributed by atoms with van der Waals surface area (Å²) in [6.07, 6.45) is 10.3. The van der Waals surface area contributed by atoms with Crippen molar-refractivity contribution in [2.45, 2.75) is 109 Å². The van der Waals surface area contributed by atoms with E-state index in [1.807, 2.05) is 32.1 Å². The Hall–Kier alpha value is -1.61. The molecule has 0 radical (unpaired) electrons. The van der Waals surface area contributed by atoms with Crippen LogP contribution < -0.4 is 10.0 Å². The van der Waals surface area contributed by atoms with Crippen molar-refractivity contribution in [3.05, 3.63) is 29.4 Å².